The maximum absolute atomic E-state index is 5.43. The molecule has 1 aliphatic rings. The molecule has 0 aliphatic carbocycles. The molecule has 0 aromatic carbocycles. The van der Waals surface area contributed by atoms with Crippen LogP contribution in [-0.2, 0) is 9.47 Å². The topological polar surface area (TPSA) is 80.9 Å². The van der Waals surface area contributed by atoms with Crippen LogP contribution >= 0.6 is 0 Å². The van der Waals surface area contributed by atoms with Gasteiger partial charge >= 0.3 is 0 Å². The van der Waals surface area contributed by atoms with Crippen LogP contribution in [0.2, 0.25) is 0 Å². The number of aliphatic imine (C=N–C) groups is 1. The number of ether oxygens (including phenoxy) is 2. The molecule has 1 rings (SSSR count). The van der Waals surface area contributed by atoms with Crippen LogP contribution < -0.4 is 16.6 Å². The fourth-order valence-electron chi connectivity index (χ4n) is 1.67. The molecule has 0 aromatic heterocycles. The van der Waals surface area contributed by atoms with Gasteiger partial charge in [0.1, 0.15) is 0 Å². The maximum Gasteiger partial charge on any atom is 0.205 e. The number of nitrogens with two attached hydrogens (primary N) is 1. The molecule has 0 aromatic rings. The Kier molecular flexibility index (Phi) is 7.70. The van der Waals surface area contributed by atoms with Crippen LogP contribution in [0.25, 0.3) is 0 Å². The Morgan fingerprint density at radius 1 is 1.47 bits per heavy atom. The fraction of sp³-hybridized carbons (Fsp3) is 0.909. The molecule has 1 fully saturated rings. The summed E-state index contributed by atoms with van der Waals surface area (Å²) >= 11 is 0. The van der Waals surface area contributed by atoms with Gasteiger partial charge in [0.15, 0.2) is 0 Å². The molecule has 0 atom stereocenters. The lowest BCUT2D eigenvalue weighted by Gasteiger charge is -2.24. The van der Waals surface area contributed by atoms with Crippen LogP contribution in [0.3, 0.4) is 0 Å². The molecule has 17 heavy (non-hydrogen) atoms. The standard InChI is InChI=1S/C11H24N4O2/c1-2-16-7-3-6-13-11(15-12)14-10-4-8-17-9-5-10/h10H,2-9,12H2,1H3,(H2,13,14,15). The van der Waals surface area contributed by atoms with E-state index < -0.39 is 0 Å². The van der Waals surface area contributed by atoms with Crippen molar-refractivity contribution in [2.24, 2.45) is 10.8 Å². The highest BCUT2D eigenvalue weighted by Crippen LogP contribution is 2.05. The highest BCUT2D eigenvalue weighted by Gasteiger charge is 2.14. The van der Waals surface area contributed by atoms with Crippen molar-refractivity contribution in [3.05, 3.63) is 0 Å². The van der Waals surface area contributed by atoms with Gasteiger partial charge in [0.05, 0.1) is 0 Å². The molecule has 0 bridgehead atoms. The van der Waals surface area contributed by atoms with E-state index in [1.165, 1.54) is 0 Å². The number of hydrogen-bond donors (Lipinski definition) is 3. The Bertz CT molecular complexity index is 218. The van der Waals surface area contributed by atoms with Crippen LogP contribution in [0.4, 0.5) is 0 Å². The van der Waals surface area contributed by atoms with Gasteiger partial charge < -0.3 is 14.8 Å². The van der Waals surface area contributed by atoms with E-state index in [0.717, 1.165) is 52.2 Å². The first kappa shape index (κ1) is 14.2. The summed E-state index contributed by atoms with van der Waals surface area (Å²) in [5.41, 5.74) is 2.60. The van der Waals surface area contributed by atoms with E-state index in [1.807, 2.05) is 6.92 Å². The van der Waals surface area contributed by atoms with E-state index >= 15 is 0 Å². The second-order valence-corrected chi connectivity index (χ2v) is 3.96. The van der Waals surface area contributed by atoms with Crippen molar-refractivity contribution in [1.82, 2.24) is 10.7 Å². The lowest BCUT2D eigenvalue weighted by Crippen LogP contribution is -2.48. The van der Waals surface area contributed by atoms with Crippen molar-refractivity contribution in [2.45, 2.75) is 32.2 Å². The first-order valence-electron chi connectivity index (χ1n) is 6.30. The summed E-state index contributed by atoms with van der Waals surface area (Å²) in [6.07, 6.45) is 2.91. The van der Waals surface area contributed by atoms with Gasteiger partial charge in [-0.05, 0) is 26.2 Å². The van der Waals surface area contributed by atoms with Gasteiger partial charge in [-0.3, -0.25) is 10.4 Å². The van der Waals surface area contributed by atoms with Crippen LogP contribution in [0.5, 0.6) is 0 Å². The monoisotopic (exact) mass is 244 g/mol. The van der Waals surface area contributed by atoms with Gasteiger partial charge in [0.2, 0.25) is 5.96 Å². The van der Waals surface area contributed by atoms with E-state index in [-0.39, 0.29) is 0 Å². The smallest absolute Gasteiger partial charge is 0.205 e. The summed E-state index contributed by atoms with van der Waals surface area (Å²) in [6.45, 7) is 5.82. The first-order valence-corrected chi connectivity index (χ1v) is 6.30. The van der Waals surface area contributed by atoms with Crippen LogP contribution in [-0.4, -0.2) is 45.0 Å². The number of nitrogens with one attached hydrogen (secondary N) is 2. The number of guanidine groups is 1. The normalized spacial score (nSPS) is 18.1. The Morgan fingerprint density at radius 2 is 2.24 bits per heavy atom. The third-order valence-electron chi connectivity index (χ3n) is 2.62. The average molecular weight is 244 g/mol. The molecule has 4 N–H and O–H groups in total. The first-order chi connectivity index (χ1) is 8.36. The maximum atomic E-state index is 5.43. The average Bonchev–Trinajstić information content (AvgIpc) is 2.38. The molecule has 1 aliphatic heterocycles. The summed E-state index contributed by atoms with van der Waals surface area (Å²) in [6, 6.07) is 0.408. The van der Waals surface area contributed by atoms with Crippen LogP contribution in [0.15, 0.2) is 4.99 Å². The molecular weight excluding hydrogens is 220 g/mol. The lowest BCUT2D eigenvalue weighted by atomic mass is 10.1. The van der Waals surface area contributed by atoms with E-state index in [0.29, 0.717) is 12.0 Å². The van der Waals surface area contributed by atoms with Crippen molar-refractivity contribution in [3.63, 3.8) is 0 Å². The zero-order chi connectivity index (χ0) is 12.3. The second-order valence-electron chi connectivity index (χ2n) is 3.96. The quantitative estimate of drug-likeness (QED) is 0.201. The van der Waals surface area contributed by atoms with Gasteiger partial charge in [0, 0.05) is 39.0 Å². The summed E-state index contributed by atoms with van der Waals surface area (Å²) in [5, 5.41) is 3.29. The summed E-state index contributed by atoms with van der Waals surface area (Å²) < 4.78 is 10.5. The summed E-state index contributed by atoms with van der Waals surface area (Å²) in [4.78, 5) is 4.36. The van der Waals surface area contributed by atoms with Gasteiger partial charge in [-0.1, -0.05) is 0 Å². The minimum Gasteiger partial charge on any atom is -0.382 e. The Hall–Kier alpha value is -0.850. The van der Waals surface area contributed by atoms with Crippen molar-refractivity contribution in [3.8, 4) is 0 Å². The van der Waals surface area contributed by atoms with E-state index in [1.54, 1.807) is 0 Å². The molecule has 100 valence electrons. The zero-order valence-electron chi connectivity index (χ0n) is 10.6. The van der Waals surface area contributed by atoms with Crippen molar-refractivity contribution >= 4 is 5.96 Å². The minimum atomic E-state index is 0.408. The van der Waals surface area contributed by atoms with Crippen LogP contribution in [0.1, 0.15) is 26.2 Å². The second kappa shape index (κ2) is 9.21. The molecular formula is C11H24N4O2. The fourth-order valence-corrected chi connectivity index (χ4v) is 1.67. The zero-order valence-corrected chi connectivity index (χ0v) is 10.6. The SMILES string of the molecule is CCOCCCN=C(NN)NC1CCOCC1. The predicted octanol–water partition coefficient (Wildman–Crippen LogP) is 0.000900. The molecule has 0 spiro atoms. The molecule has 1 heterocycles. The minimum absolute atomic E-state index is 0.408. The van der Waals surface area contributed by atoms with Crippen molar-refractivity contribution in [2.75, 3.05) is 33.0 Å². The molecule has 6 heteroatoms. The Morgan fingerprint density at radius 3 is 2.88 bits per heavy atom. The molecule has 6 nitrogen and oxygen atoms in total. The molecule has 0 amide bonds. The Balaban J connectivity index is 2.18. The largest absolute Gasteiger partial charge is 0.382 e. The number of hydrazine groups is 1. The summed E-state index contributed by atoms with van der Waals surface area (Å²) in [7, 11) is 0. The summed E-state index contributed by atoms with van der Waals surface area (Å²) in [5.74, 6) is 6.09. The molecule has 1 saturated heterocycles. The predicted molar refractivity (Wildman–Crippen MR) is 67.7 cm³/mol. The van der Waals surface area contributed by atoms with Gasteiger partial charge in [-0.25, -0.2) is 5.84 Å². The van der Waals surface area contributed by atoms with Gasteiger partial charge in [0.25, 0.3) is 0 Å². The highest BCUT2D eigenvalue weighted by atomic mass is 16.5. The van der Waals surface area contributed by atoms with Gasteiger partial charge in [-0.2, -0.15) is 0 Å². The third-order valence-corrected chi connectivity index (χ3v) is 2.62. The number of hydrogen-bond acceptors (Lipinski definition) is 4. The van der Waals surface area contributed by atoms with E-state index in [4.69, 9.17) is 15.3 Å². The molecule has 0 radical (unpaired) electrons. The Labute approximate surface area is 103 Å². The van der Waals surface area contributed by atoms with Crippen molar-refractivity contribution in [1.29, 1.82) is 0 Å². The van der Waals surface area contributed by atoms with E-state index in [2.05, 4.69) is 15.7 Å². The molecule has 0 saturated carbocycles. The van der Waals surface area contributed by atoms with Crippen LogP contribution in [0, 0.1) is 0 Å². The highest BCUT2D eigenvalue weighted by molar-refractivity contribution is 5.79. The third kappa shape index (κ3) is 6.45. The lowest BCUT2D eigenvalue weighted by molar-refractivity contribution is 0.0822. The number of nitrogens with zero attached hydrogens (tertiary/aromatic N) is 1. The van der Waals surface area contributed by atoms with E-state index in [9.17, 15) is 0 Å². The number of rotatable bonds is 6. The van der Waals surface area contributed by atoms with Crippen molar-refractivity contribution < 1.29 is 9.47 Å². The van der Waals surface area contributed by atoms with Gasteiger partial charge in [-0.15, -0.1) is 0 Å². The molecule has 0 unspecified atom stereocenters.